The average molecular weight is 403 g/mol. The van der Waals surface area contributed by atoms with Crippen molar-refractivity contribution in [2.75, 3.05) is 31.1 Å². The Morgan fingerprint density at radius 2 is 2.14 bits per heavy atom. The summed E-state index contributed by atoms with van der Waals surface area (Å²) < 4.78 is 16.5. The fourth-order valence-electron chi connectivity index (χ4n) is 3.40. The van der Waals surface area contributed by atoms with E-state index < -0.39 is 0 Å². The van der Waals surface area contributed by atoms with E-state index in [-0.39, 0.29) is 11.9 Å². The van der Waals surface area contributed by atoms with Crippen LogP contribution in [-0.4, -0.2) is 53.1 Å². The zero-order valence-corrected chi connectivity index (χ0v) is 17.0. The van der Waals surface area contributed by atoms with E-state index >= 15 is 0 Å². The maximum Gasteiger partial charge on any atom is 0.191 e. The number of guanidine groups is 1. The molecule has 0 saturated carbocycles. The highest BCUT2D eigenvalue weighted by atomic mass is 19.1. The first-order valence-corrected chi connectivity index (χ1v) is 10.4. The van der Waals surface area contributed by atoms with Crippen molar-refractivity contribution in [3.05, 3.63) is 48.0 Å². The number of hydrogen-bond acceptors (Lipinski definition) is 4. The van der Waals surface area contributed by atoms with Gasteiger partial charge in [-0.1, -0.05) is 6.07 Å². The van der Waals surface area contributed by atoms with Crippen molar-refractivity contribution in [3.8, 4) is 0 Å². The third kappa shape index (κ3) is 6.45. The number of nitrogens with one attached hydrogen (secondary N) is 2. The molecule has 1 aliphatic heterocycles. The Morgan fingerprint density at radius 1 is 1.31 bits per heavy atom. The predicted octanol–water partition coefficient (Wildman–Crippen LogP) is 2.13. The summed E-state index contributed by atoms with van der Waals surface area (Å²) in [7, 11) is 0. The number of aliphatic hydroxyl groups excluding tert-OH is 1. The first-order chi connectivity index (χ1) is 14.2. The molecule has 29 heavy (non-hydrogen) atoms. The lowest BCUT2D eigenvalue weighted by atomic mass is 10.1. The summed E-state index contributed by atoms with van der Waals surface area (Å²) in [6.07, 6.45) is 5.76. The van der Waals surface area contributed by atoms with Gasteiger partial charge in [0.05, 0.1) is 18.3 Å². The third-order valence-electron chi connectivity index (χ3n) is 5.00. The third-order valence-corrected chi connectivity index (χ3v) is 5.00. The maximum atomic E-state index is 14.6. The van der Waals surface area contributed by atoms with Crippen LogP contribution in [0.2, 0.25) is 0 Å². The van der Waals surface area contributed by atoms with E-state index in [0.717, 1.165) is 37.6 Å². The number of anilines is 1. The largest absolute Gasteiger partial charge is 0.393 e. The number of rotatable bonds is 8. The number of benzene rings is 1. The second-order valence-electron chi connectivity index (χ2n) is 7.25. The molecule has 3 rings (SSSR count). The Morgan fingerprint density at radius 3 is 2.83 bits per heavy atom. The molecule has 2 heterocycles. The van der Waals surface area contributed by atoms with Crippen LogP contribution < -0.4 is 15.5 Å². The Balaban J connectivity index is 1.52. The van der Waals surface area contributed by atoms with Crippen LogP contribution in [0.5, 0.6) is 0 Å². The number of aliphatic imine (C=N–C) groups is 1. The Bertz CT molecular complexity index is 771. The van der Waals surface area contributed by atoms with Gasteiger partial charge < -0.3 is 20.6 Å². The summed E-state index contributed by atoms with van der Waals surface area (Å²) in [6, 6.07) is 7.22. The Labute approximate surface area is 171 Å². The van der Waals surface area contributed by atoms with Crippen LogP contribution >= 0.6 is 0 Å². The van der Waals surface area contributed by atoms with Gasteiger partial charge >= 0.3 is 0 Å². The van der Waals surface area contributed by atoms with E-state index in [4.69, 9.17) is 0 Å². The van der Waals surface area contributed by atoms with Crippen LogP contribution in [0.25, 0.3) is 0 Å². The number of piperidine rings is 1. The smallest absolute Gasteiger partial charge is 0.191 e. The molecule has 0 bridgehead atoms. The van der Waals surface area contributed by atoms with Gasteiger partial charge in [-0.05, 0) is 49.9 Å². The van der Waals surface area contributed by atoms with E-state index in [9.17, 15) is 9.50 Å². The molecule has 1 aliphatic rings. The number of aryl methyl sites for hydroxylation is 1. The SMILES string of the molecule is CCNC(=NCc1ccc(N2CCC(O)CC2)c(F)c1)NCCCn1cccn1. The second kappa shape index (κ2) is 10.8. The quantitative estimate of drug-likeness (QED) is 0.358. The Kier molecular flexibility index (Phi) is 7.86. The lowest BCUT2D eigenvalue weighted by Crippen LogP contribution is -2.38. The molecule has 8 heteroatoms. The molecule has 1 aromatic heterocycles. The number of hydrogen-bond donors (Lipinski definition) is 3. The zero-order chi connectivity index (χ0) is 20.5. The molecular weight excluding hydrogens is 371 g/mol. The summed E-state index contributed by atoms with van der Waals surface area (Å²) in [4.78, 5) is 6.57. The van der Waals surface area contributed by atoms with Crippen molar-refractivity contribution in [1.29, 1.82) is 0 Å². The van der Waals surface area contributed by atoms with Crippen LogP contribution in [0.3, 0.4) is 0 Å². The number of aromatic nitrogens is 2. The topological polar surface area (TPSA) is 77.7 Å². The predicted molar refractivity (Wildman–Crippen MR) is 114 cm³/mol. The standard InChI is InChI=1S/C21H31FN6O/c1-2-23-21(24-9-3-11-28-12-4-10-26-28)25-16-17-5-6-20(19(22)15-17)27-13-7-18(29)8-14-27/h4-6,10,12,15,18,29H,2-3,7-9,11,13-14,16H2,1H3,(H2,23,24,25). The zero-order valence-electron chi connectivity index (χ0n) is 17.0. The number of nitrogens with zero attached hydrogens (tertiary/aromatic N) is 4. The van der Waals surface area contributed by atoms with Gasteiger partial charge in [-0.2, -0.15) is 5.10 Å². The number of halogens is 1. The lowest BCUT2D eigenvalue weighted by Gasteiger charge is -2.31. The summed E-state index contributed by atoms with van der Waals surface area (Å²) >= 11 is 0. The minimum absolute atomic E-state index is 0.230. The summed E-state index contributed by atoms with van der Waals surface area (Å²) in [5, 5.41) is 20.3. The highest BCUT2D eigenvalue weighted by molar-refractivity contribution is 5.79. The first-order valence-electron chi connectivity index (χ1n) is 10.4. The van der Waals surface area contributed by atoms with Crippen molar-refractivity contribution in [1.82, 2.24) is 20.4 Å². The van der Waals surface area contributed by atoms with Crippen molar-refractivity contribution in [2.45, 2.75) is 45.4 Å². The molecule has 2 aromatic rings. The van der Waals surface area contributed by atoms with E-state index in [1.165, 1.54) is 0 Å². The monoisotopic (exact) mass is 402 g/mol. The highest BCUT2D eigenvalue weighted by Gasteiger charge is 2.19. The van der Waals surface area contributed by atoms with Gasteiger partial charge in [0.2, 0.25) is 0 Å². The molecule has 1 aromatic carbocycles. The van der Waals surface area contributed by atoms with Gasteiger partial charge in [-0.3, -0.25) is 4.68 Å². The van der Waals surface area contributed by atoms with E-state index in [1.807, 2.05) is 40.9 Å². The molecule has 158 valence electrons. The van der Waals surface area contributed by atoms with Gasteiger partial charge in [-0.25, -0.2) is 9.38 Å². The Hall–Kier alpha value is -2.61. The van der Waals surface area contributed by atoms with Crippen LogP contribution in [0.1, 0.15) is 31.7 Å². The lowest BCUT2D eigenvalue weighted by molar-refractivity contribution is 0.145. The van der Waals surface area contributed by atoms with Gasteiger partial charge in [0.15, 0.2) is 5.96 Å². The van der Waals surface area contributed by atoms with Crippen LogP contribution in [0.4, 0.5) is 10.1 Å². The van der Waals surface area contributed by atoms with Gasteiger partial charge in [-0.15, -0.1) is 0 Å². The molecule has 1 fully saturated rings. The second-order valence-corrected chi connectivity index (χ2v) is 7.25. The average Bonchev–Trinajstić information content (AvgIpc) is 3.24. The van der Waals surface area contributed by atoms with Gasteiger partial charge in [0.1, 0.15) is 5.82 Å². The molecule has 0 atom stereocenters. The van der Waals surface area contributed by atoms with Crippen LogP contribution in [0.15, 0.2) is 41.7 Å². The van der Waals surface area contributed by atoms with Crippen molar-refractivity contribution in [3.63, 3.8) is 0 Å². The summed E-state index contributed by atoms with van der Waals surface area (Å²) in [5.41, 5.74) is 1.44. The minimum Gasteiger partial charge on any atom is -0.393 e. The number of aliphatic hydroxyl groups is 1. The van der Waals surface area contributed by atoms with E-state index in [1.54, 1.807) is 12.3 Å². The molecule has 3 N–H and O–H groups in total. The fourth-order valence-corrected chi connectivity index (χ4v) is 3.40. The molecule has 0 radical (unpaired) electrons. The molecule has 0 spiro atoms. The van der Waals surface area contributed by atoms with Crippen molar-refractivity contribution >= 4 is 11.6 Å². The van der Waals surface area contributed by atoms with Gasteiger partial charge in [0, 0.05) is 45.1 Å². The molecule has 0 unspecified atom stereocenters. The van der Waals surface area contributed by atoms with E-state index in [0.29, 0.717) is 38.2 Å². The maximum absolute atomic E-state index is 14.6. The summed E-state index contributed by atoms with van der Waals surface area (Å²) in [6.45, 7) is 6.18. The molecule has 1 saturated heterocycles. The summed E-state index contributed by atoms with van der Waals surface area (Å²) in [5.74, 6) is 0.494. The normalized spacial score (nSPS) is 15.6. The highest BCUT2D eigenvalue weighted by Crippen LogP contribution is 2.24. The first kappa shape index (κ1) is 21.1. The van der Waals surface area contributed by atoms with Crippen molar-refractivity contribution < 1.29 is 9.50 Å². The van der Waals surface area contributed by atoms with E-state index in [2.05, 4.69) is 20.7 Å². The molecule has 0 amide bonds. The van der Waals surface area contributed by atoms with Gasteiger partial charge in [0.25, 0.3) is 0 Å². The van der Waals surface area contributed by atoms with Crippen LogP contribution in [-0.2, 0) is 13.1 Å². The fraction of sp³-hybridized carbons (Fsp3) is 0.524. The minimum atomic E-state index is -0.264. The molecular formula is C21H31FN6O. The van der Waals surface area contributed by atoms with Crippen molar-refractivity contribution in [2.24, 2.45) is 4.99 Å². The molecule has 7 nitrogen and oxygen atoms in total. The molecule has 0 aliphatic carbocycles. The van der Waals surface area contributed by atoms with Crippen LogP contribution in [0, 0.1) is 5.82 Å².